The zero-order valence-electron chi connectivity index (χ0n) is 13.9. The number of halogens is 1. The van der Waals surface area contributed by atoms with Gasteiger partial charge in [0.1, 0.15) is 5.75 Å². The van der Waals surface area contributed by atoms with Crippen molar-refractivity contribution in [2.24, 2.45) is 5.10 Å². The molecule has 3 rings (SSSR count). The second kappa shape index (κ2) is 8.83. The Morgan fingerprint density at radius 2 is 1.58 bits per heavy atom. The van der Waals surface area contributed by atoms with Gasteiger partial charge in [-0.3, -0.25) is 4.79 Å². The smallest absolute Gasteiger partial charge is 0.277 e. The normalized spacial score (nSPS) is 10.7. The van der Waals surface area contributed by atoms with Crippen LogP contribution in [0, 0.1) is 0 Å². The maximum Gasteiger partial charge on any atom is 0.277 e. The Balaban J connectivity index is 1.49. The molecular weight excluding hydrogens is 348 g/mol. The molecule has 3 aromatic carbocycles. The molecule has 0 aliphatic carbocycles. The molecule has 130 valence electrons. The van der Waals surface area contributed by atoms with Crippen molar-refractivity contribution in [3.63, 3.8) is 0 Å². The van der Waals surface area contributed by atoms with Crippen LogP contribution in [0.1, 0.15) is 5.56 Å². The molecule has 1 N–H and O–H groups in total. The van der Waals surface area contributed by atoms with Crippen LogP contribution in [0.15, 0.2) is 84.0 Å². The minimum atomic E-state index is -0.347. The SMILES string of the molecule is O=C(COc1ccc(-c2ccccc2)cc1)NN=Cc1ccccc1Cl. The van der Waals surface area contributed by atoms with Crippen LogP contribution in [-0.2, 0) is 4.79 Å². The van der Waals surface area contributed by atoms with Gasteiger partial charge in [0.15, 0.2) is 6.61 Å². The molecule has 0 saturated carbocycles. The average Bonchev–Trinajstić information content (AvgIpc) is 2.69. The molecule has 0 heterocycles. The highest BCUT2D eigenvalue weighted by molar-refractivity contribution is 6.33. The van der Waals surface area contributed by atoms with E-state index in [1.54, 1.807) is 6.07 Å². The highest BCUT2D eigenvalue weighted by Crippen LogP contribution is 2.21. The molecule has 26 heavy (non-hydrogen) atoms. The van der Waals surface area contributed by atoms with E-state index >= 15 is 0 Å². The van der Waals surface area contributed by atoms with E-state index < -0.39 is 0 Å². The largest absolute Gasteiger partial charge is 0.484 e. The Kier molecular flexibility index (Phi) is 6.01. The van der Waals surface area contributed by atoms with Gasteiger partial charge in [-0.1, -0.05) is 72.3 Å². The summed E-state index contributed by atoms with van der Waals surface area (Å²) in [6.07, 6.45) is 1.49. The van der Waals surface area contributed by atoms with E-state index in [1.165, 1.54) is 6.21 Å². The third-order valence-electron chi connectivity index (χ3n) is 3.63. The van der Waals surface area contributed by atoms with Gasteiger partial charge in [-0.2, -0.15) is 5.10 Å². The fraction of sp³-hybridized carbons (Fsp3) is 0.0476. The molecule has 0 unspecified atom stereocenters. The summed E-state index contributed by atoms with van der Waals surface area (Å²) in [5.74, 6) is 0.273. The molecule has 3 aromatic rings. The second-order valence-electron chi connectivity index (χ2n) is 5.49. The van der Waals surface area contributed by atoms with Crippen molar-refractivity contribution in [2.75, 3.05) is 6.61 Å². The minimum absolute atomic E-state index is 0.120. The van der Waals surface area contributed by atoms with Crippen molar-refractivity contribution in [1.29, 1.82) is 0 Å². The molecule has 0 atom stereocenters. The zero-order valence-corrected chi connectivity index (χ0v) is 14.7. The summed E-state index contributed by atoms with van der Waals surface area (Å²) in [6.45, 7) is -0.120. The molecule has 0 radical (unpaired) electrons. The van der Waals surface area contributed by atoms with Gasteiger partial charge in [0.2, 0.25) is 0 Å². The van der Waals surface area contributed by atoms with Crippen LogP contribution in [-0.4, -0.2) is 18.7 Å². The van der Waals surface area contributed by atoms with Crippen LogP contribution >= 0.6 is 11.6 Å². The van der Waals surface area contributed by atoms with Gasteiger partial charge >= 0.3 is 0 Å². The highest BCUT2D eigenvalue weighted by atomic mass is 35.5. The van der Waals surface area contributed by atoms with Crippen LogP contribution in [0.25, 0.3) is 11.1 Å². The first-order chi connectivity index (χ1) is 12.7. The molecule has 0 aromatic heterocycles. The molecule has 1 amide bonds. The molecule has 0 bridgehead atoms. The Bertz CT molecular complexity index is 893. The van der Waals surface area contributed by atoms with E-state index in [0.717, 1.165) is 16.7 Å². The van der Waals surface area contributed by atoms with Gasteiger partial charge in [-0.25, -0.2) is 5.43 Å². The zero-order chi connectivity index (χ0) is 18.2. The summed E-state index contributed by atoms with van der Waals surface area (Å²) in [7, 11) is 0. The van der Waals surface area contributed by atoms with Crippen molar-refractivity contribution < 1.29 is 9.53 Å². The van der Waals surface area contributed by atoms with Gasteiger partial charge in [-0.05, 0) is 29.3 Å². The van der Waals surface area contributed by atoms with Gasteiger partial charge < -0.3 is 4.74 Å². The number of amides is 1. The number of benzene rings is 3. The molecule has 0 aliphatic heterocycles. The van der Waals surface area contributed by atoms with Crippen LogP contribution < -0.4 is 10.2 Å². The maximum atomic E-state index is 11.8. The fourth-order valence-corrected chi connectivity index (χ4v) is 2.49. The van der Waals surface area contributed by atoms with Crippen LogP contribution in [0.3, 0.4) is 0 Å². The maximum absolute atomic E-state index is 11.8. The van der Waals surface area contributed by atoms with Gasteiger partial charge in [0, 0.05) is 10.6 Å². The summed E-state index contributed by atoms with van der Waals surface area (Å²) in [5.41, 5.74) is 5.36. The first-order valence-electron chi connectivity index (χ1n) is 8.07. The van der Waals surface area contributed by atoms with E-state index in [-0.39, 0.29) is 12.5 Å². The summed E-state index contributed by atoms with van der Waals surface area (Å²) in [4.78, 5) is 11.8. The number of hydrogen-bond acceptors (Lipinski definition) is 3. The van der Waals surface area contributed by atoms with E-state index in [0.29, 0.717) is 10.8 Å². The fourth-order valence-electron chi connectivity index (χ4n) is 2.31. The van der Waals surface area contributed by atoms with Crippen molar-refractivity contribution in [3.8, 4) is 16.9 Å². The summed E-state index contributed by atoms with van der Waals surface area (Å²) >= 11 is 6.01. The minimum Gasteiger partial charge on any atom is -0.484 e. The van der Waals surface area contributed by atoms with E-state index in [4.69, 9.17) is 16.3 Å². The molecular formula is C21H17ClN2O2. The Hall–Kier alpha value is -3.11. The van der Waals surface area contributed by atoms with Crippen molar-refractivity contribution in [3.05, 3.63) is 89.4 Å². The van der Waals surface area contributed by atoms with Crippen LogP contribution in [0.2, 0.25) is 5.02 Å². The molecule has 0 saturated heterocycles. The van der Waals surface area contributed by atoms with Crippen LogP contribution in [0.4, 0.5) is 0 Å². The first kappa shape index (κ1) is 17.7. The highest BCUT2D eigenvalue weighted by Gasteiger charge is 2.03. The number of rotatable bonds is 6. The third kappa shape index (κ3) is 4.94. The molecule has 0 spiro atoms. The lowest BCUT2D eigenvalue weighted by Gasteiger charge is -2.06. The number of nitrogens with one attached hydrogen (secondary N) is 1. The monoisotopic (exact) mass is 364 g/mol. The van der Waals surface area contributed by atoms with Crippen molar-refractivity contribution in [1.82, 2.24) is 5.43 Å². The van der Waals surface area contributed by atoms with Crippen molar-refractivity contribution >= 4 is 23.7 Å². The summed E-state index contributed by atoms with van der Waals surface area (Å²) in [6, 6.07) is 24.9. The summed E-state index contributed by atoms with van der Waals surface area (Å²) in [5, 5.41) is 4.45. The lowest BCUT2D eigenvalue weighted by molar-refractivity contribution is -0.123. The van der Waals surface area contributed by atoms with E-state index in [1.807, 2.05) is 72.8 Å². The van der Waals surface area contributed by atoms with Crippen molar-refractivity contribution in [2.45, 2.75) is 0 Å². The van der Waals surface area contributed by atoms with E-state index in [9.17, 15) is 4.79 Å². The second-order valence-corrected chi connectivity index (χ2v) is 5.90. The lowest BCUT2D eigenvalue weighted by atomic mass is 10.1. The number of hydrazone groups is 1. The lowest BCUT2D eigenvalue weighted by Crippen LogP contribution is -2.24. The number of hydrogen-bond donors (Lipinski definition) is 1. The third-order valence-corrected chi connectivity index (χ3v) is 3.97. The topological polar surface area (TPSA) is 50.7 Å². The number of ether oxygens (including phenoxy) is 1. The predicted molar refractivity (Wildman–Crippen MR) is 105 cm³/mol. The number of carbonyl (C=O) groups is 1. The average molecular weight is 365 g/mol. The van der Waals surface area contributed by atoms with Gasteiger partial charge in [0.05, 0.1) is 6.21 Å². The Labute approximate surface area is 157 Å². The molecule has 4 nitrogen and oxygen atoms in total. The van der Waals surface area contributed by atoms with Crippen LogP contribution in [0.5, 0.6) is 5.75 Å². The Morgan fingerprint density at radius 3 is 2.31 bits per heavy atom. The molecule has 5 heteroatoms. The molecule has 0 fully saturated rings. The first-order valence-corrected chi connectivity index (χ1v) is 8.45. The standard InChI is InChI=1S/C21H17ClN2O2/c22-20-9-5-4-8-18(20)14-23-24-21(25)15-26-19-12-10-17(11-13-19)16-6-2-1-3-7-16/h1-14H,15H2,(H,24,25). The Morgan fingerprint density at radius 1 is 0.923 bits per heavy atom. The number of nitrogens with zero attached hydrogens (tertiary/aromatic N) is 1. The quantitative estimate of drug-likeness (QED) is 0.516. The van der Waals surface area contributed by atoms with E-state index in [2.05, 4.69) is 10.5 Å². The van der Waals surface area contributed by atoms with Gasteiger partial charge in [0.25, 0.3) is 5.91 Å². The number of carbonyl (C=O) groups excluding carboxylic acids is 1. The summed E-state index contributed by atoms with van der Waals surface area (Å²) < 4.78 is 5.47. The predicted octanol–water partition coefficient (Wildman–Crippen LogP) is 4.54. The molecule has 0 aliphatic rings. The van der Waals surface area contributed by atoms with Gasteiger partial charge in [-0.15, -0.1) is 0 Å².